The van der Waals surface area contributed by atoms with Crippen molar-refractivity contribution in [2.75, 3.05) is 0 Å². The molecule has 64 valence electrons. The molecule has 0 saturated carbocycles. The van der Waals surface area contributed by atoms with Crippen molar-refractivity contribution in [2.45, 2.75) is 13.8 Å². The van der Waals surface area contributed by atoms with Gasteiger partial charge in [0.2, 0.25) is 0 Å². The summed E-state index contributed by atoms with van der Waals surface area (Å²) in [6, 6.07) is 1.49. The summed E-state index contributed by atoms with van der Waals surface area (Å²) in [4.78, 5) is 14.5. The molecule has 0 unspecified atom stereocenters. The van der Waals surface area contributed by atoms with E-state index in [9.17, 15) is 4.79 Å². The largest absolute Gasteiger partial charge is 0.389 e. The van der Waals surface area contributed by atoms with E-state index in [1.807, 2.05) is 6.92 Å². The molecule has 0 amide bonds. The number of pyridine rings is 1. The molecule has 0 aliphatic rings. The highest BCUT2D eigenvalue weighted by Gasteiger charge is 2.06. The zero-order valence-electron chi connectivity index (χ0n) is 6.97. The lowest BCUT2D eigenvalue weighted by Gasteiger charge is -2.03. The van der Waals surface area contributed by atoms with E-state index in [4.69, 9.17) is 18.0 Å². The van der Waals surface area contributed by atoms with E-state index in [1.165, 1.54) is 6.07 Å². The molecule has 0 fully saturated rings. The van der Waals surface area contributed by atoms with Crippen LogP contribution in [0.3, 0.4) is 0 Å². The van der Waals surface area contributed by atoms with Crippen molar-refractivity contribution >= 4 is 17.2 Å². The number of nitrogens with one attached hydrogen (secondary N) is 1. The van der Waals surface area contributed by atoms with Gasteiger partial charge >= 0.3 is 0 Å². The second-order valence-corrected chi connectivity index (χ2v) is 3.12. The van der Waals surface area contributed by atoms with Crippen molar-refractivity contribution in [3.8, 4) is 0 Å². The molecule has 1 aromatic rings. The zero-order chi connectivity index (χ0) is 9.30. The van der Waals surface area contributed by atoms with Crippen LogP contribution in [0.4, 0.5) is 0 Å². The summed E-state index contributed by atoms with van der Waals surface area (Å²) >= 11 is 4.74. The third kappa shape index (κ3) is 1.53. The van der Waals surface area contributed by atoms with Crippen molar-refractivity contribution in [3.63, 3.8) is 0 Å². The maximum atomic E-state index is 11.3. The van der Waals surface area contributed by atoms with Crippen LogP contribution in [-0.4, -0.2) is 9.97 Å². The van der Waals surface area contributed by atoms with Gasteiger partial charge in [-0.15, -0.1) is 0 Å². The quantitative estimate of drug-likeness (QED) is 0.626. The van der Waals surface area contributed by atoms with Gasteiger partial charge in [0.1, 0.15) is 4.99 Å². The molecule has 4 heteroatoms. The normalized spacial score (nSPS) is 9.83. The van der Waals surface area contributed by atoms with Gasteiger partial charge in [-0.05, 0) is 13.8 Å². The number of hydrogen-bond donors (Lipinski definition) is 2. The van der Waals surface area contributed by atoms with Crippen molar-refractivity contribution in [1.29, 1.82) is 0 Å². The third-order valence-electron chi connectivity index (χ3n) is 1.60. The number of rotatable bonds is 1. The lowest BCUT2D eigenvalue weighted by atomic mass is 10.2. The van der Waals surface area contributed by atoms with Crippen LogP contribution in [0.1, 0.15) is 17.0 Å². The SMILES string of the molecule is Cc1cc(=O)c(C(N)=S)c(C)[nH]1. The maximum Gasteiger partial charge on any atom is 0.192 e. The number of aromatic amines is 1. The summed E-state index contributed by atoms with van der Waals surface area (Å²) in [5.74, 6) is 0. The van der Waals surface area contributed by atoms with Crippen LogP contribution in [0.15, 0.2) is 10.9 Å². The first-order chi connectivity index (χ1) is 5.52. The molecule has 0 atom stereocenters. The lowest BCUT2D eigenvalue weighted by Crippen LogP contribution is -2.23. The molecule has 1 aromatic heterocycles. The molecule has 12 heavy (non-hydrogen) atoms. The van der Waals surface area contributed by atoms with Crippen LogP contribution in [0, 0.1) is 13.8 Å². The number of nitrogens with two attached hydrogens (primary N) is 1. The minimum atomic E-state index is -0.115. The highest BCUT2D eigenvalue weighted by Crippen LogP contribution is 1.99. The van der Waals surface area contributed by atoms with Gasteiger partial charge in [-0.25, -0.2) is 0 Å². The van der Waals surface area contributed by atoms with E-state index in [0.29, 0.717) is 5.56 Å². The van der Waals surface area contributed by atoms with E-state index in [1.54, 1.807) is 6.92 Å². The van der Waals surface area contributed by atoms with E-state index in [0.717, 1.165) is 11.4 Å². The molecular weight excluding hydrogens is 172 g/mol. The van der Waals surface area contributed by atoms with Crippen LogP contribution >= 0.6 is 12.2 Å². The Morgan fingerprint density at radius 1 is 1.58 bits per heavy atom. The van der Waals surface area contributed by atoms with Gasteiger partial charge in [0, 0.05) is 17.5 Å². The van der Waals surface area contributed by atoms with Gasteiger partial charge in [-0.1, -0.05) is 12.2 Å². The number of hydrogen-bond acceptors (Lipinski definition) is 2. The number of H-pyrrole nitrogens is 1. The molecule has 0 aliphatic carbocycles. The topological polar surface area (TPSA) is 58.9 Å². The summed E-state index contributed by atoms with van der Waals surface area (Å²) in [5.41, 5.74) is 7.22. The van der Waals surface area contributed by atoms with Gasteiger partial charge in [-0.3, -0.25) is 4.79 Å². The number of aryl methyl sites for hydroxylation is 2. The third-order valence-corrected chi connectivity index (χ3v) is 1.80. The second-order valence-electron chi connectivity index (χ2n) is 2.68. The smallest absolute Gasteiger partial charge is 0.192 e. The number of thiocarbonyl (C=S) groups is 1. The standard InChI is InChI=1S/C8H10N2OS/c1-4-3-6(11)7(8(9)12)5(2)10-4/h3H,1-2H3,(H2,9,12)(H,10,11). The van der Waals surface area contributed by atoms with Crippen molar-refractivity contribution in [3.05, 3.63) is 33.2 Å². The Bertz CT molecular complexity index is 381. The second kappa shape index (κ2) is 3.06. The summed E-state index contributed by atoms with van der Waals surface area (Å²) < 4.78 is 0. The monoisotopic (exact) mass is 182 g/mol. The Morgan fingerprint density at radius 3 is 2.58 bits per heavy atom. The van der Waals surface area contributed by atoms with E-state index >= 15 is 0 Å². The molecule has 3 nitrogen and oxygen atoms in total. The first-order valence-electron chi connectivity index (χ1n) is 3.52. The maximum absolute atomic E-state index is 11.3. The van der Waals surface area contributed by atoms with Crippen LogP contribution in [0.2, 0.25) is 0 Å². The molecule has 3 N–H and O–H groups in total. The molecule has 0 aliphatic heterocycles. The van der Waals surface area contributed by atoms with Crippen LogP contribution < -0.4 is 11.2 Å². The lowest BCUT2D eigenvalue weighted by molar-refractivity contribution is 1.10. The molecule has 0 spiro atoms. The average Bonchev–Trinajstić information content (AvgIpc) is 1.82. The van der Waals surface area contributed by atoms with Gasteiger partial charge in [0.05, 0.1) is 5.56 Å². The minimum absolute atomic E-state index is 0.115. The number of aromatic nitrogens is 1. The Hall–Kier alpha value is -1.16. The van der Waals surface area contributed by atoms with Gasteiger partial charge in [0.25, 0.3) is 0 Å². The Labute approximate surface area is 75.6 Å². The van der Waals surface area contributed by atoms with Crippen LogP contribution in [0.25, 0.3) is 0 Å². The fraction of sp³-hybridized carbons (Fsp3) is 0.250. The molecular formula is C8H10N2OS. The summed E-state index contributed by atoms with van der Waals surface area (Å²) in [6.45, 7) is 3.60. The van der Waals surface area contributed by atoms with E-state index in [2.05, 4.69) is 4.98 Å². The zero-order valence-corrected chi connectivity index (χ0v) is 7.79. The summed E-state index contributed by atoms with van der Waals surface area (Å²) in [7, 11) is 0. The van der Waals surface area contributed by atoms with Crippen LogP contribution in [-0.2, 0) is 0 Å². The van der Waals surface area contributed by atoms with Crippen molar-refractivity contribution in [2.24, 2.45) is 5.73 Å². The van der Waals surface area contributed by atoms with Gasteiger partial charge in [-0.2, -0.15) is 0 Å². The Kier molecular flexibility index (Phi) is 2.28. The fourth-order valence-corrected chi connectivity index (χ4v) is 1.41. The van der Waals surface area contributed by atoms with Crippen molar-refractivity contribution in [1.82, 2.24) is 4.98 Å². The van der Waals surface area contributed by atoms with E-state index in [-0.39, 0.29) is 10.4 Å². The Balaban J connectivity index is 3.49. The molecule has 0 saturated heterocycles. The summed E-state index contributed by atoms with van der Waals surface area (Å²) in [6.07, 6.45) is 0. The Morgan fingerprint density at radius 2 is 2.17 bits per heavy atom. The average molecular weight is 182 g/mol. The first kappa shape index (κ1) is 8.93. The van der Waals surface area contributed by atoms with Crippen molar-refractivity contribution < 1.29 is 0 Å². The molecule has 0 bridgehead atoms. The van der Waals surface area contributed by atoms with Gasteiger partial charge in [0.15, 0.2) is 5.43 Å². The predicted octanol–water partition coefficient (Wildman–Crippen LogP) is 0.626. The van der Waals surface area contributed by atoms with Gasteiger partial charge < -0.3 is 10.7 Å². The van der Waals surface area contributed by atoms with E-state index < -0.39 is 0 Å². The highest BCUT2D eigenvalue weighted by molar-refractivity contribution is 7.80. The first-order valence-corrected chi connectivity index (χ1v) is 3.93. The molecule has 0 radical (unpaired) electrons. The molecule has 0 aromatic carbocycles. The molecule has 1 rings (SSSR count). The summed E-state index contributed by atoms with van der Waals surface area (Å²) in [5, 5.41) is 0. The fourth-order valence-electron chi connectivity index (χ4n) is 1.15. The predicted molar refractivity (Wildman–Crippen MR) is 52.4 cm³/mol. The molecule has 1 heterocycles. The van der Waals surface area contributed by atoms with Crippen LogP contribution in [0.5, 0.6) is 0 Å². The highest BCUT2D eigenvalue weighted by atomic mass is 32.1. The minimum Gasteiger partial charge on any atom is -0.389 e.